The van der Waals surface area contributed by atoms with Gasteiger partial charge in [0.25, 0.3) is 11.1 Å². The molecule has 0 unspecified atom stereocenters. The topological polar surface area (TPSA) is 83.5 Å². The summed E-state index contributed by atoms with van der Waals surface area (Å²) in [5, 5.41) is -0.429. The van der Waals surface area contributed by atoms with Gasteiger partial charge >= 0.3 is 0 Å². The molecule has 2 aromatic carbocycles. The third-order valence-corrected chi connectivity index (χ3v) is 5.28. The van der Waals surface area contributed by atoms with Gasteiger partial charge in [-0.1, -0.05) is 0 Å². The number of rotatable bonds is 7. The van der Waals surface area contributed by atoms with Crippen LogP contribution in [0.15, 0.2) is 35.2 Å². The van der Waals surface area contributed by atoms with Gasteiger partial charge in [-0.05, 0) is 47.7 Å². The van der Waals surface area contributed by atoms with E-state index in [2.05, 4.69) is 0 Å². The molecule has 2 aromatic rings. The van der Waals surface area contributed by atoms with E-state index in [0.717, 1.165) is 16.7 Å². The molecule has 1 aliphatic heterocycles. The summed E-state index contributed by atoms with van der Waals surface area (Å²) in [5.41, 5.74) is 0.964. The number of ether oxygens (including phenoxy) is 5. The summed E-state index contributed by atoms with van der Waals surface area (Å²) in [7, 11) is 7.50. The fourth-order valence-electron chi connectivity index (χ4n) is 2.98. The molecule has 2 amide bonds. The van der Waals surface area contributed by atoms with Gasteiger partial charge in [0.1, 0.15) is 11.5 Å². The molecule has 0 radical (unpaired) electrons. The van der Waals surface area contributed by atoms with Crippen LogP contribution in [-0.4, -0.2) is 46.7 Å². The molecule has 0 aromatic heterocycles. The van der Waals surface area contributed by atoms with Crippen molar-refractivity contribution in [1.29, 1.82) is 0 Å². The second-order valence-corrected chi connectivity index (χ2v) is 7.01. The normalized spacial score (nSPS) is 14.8. The predicted molar refractivity (Wildman–Crippen MR) is 114 cm³/mol. The lowest BCUT2D eigenvalue weighted by atomic mass is 10.1. The number of carbonyl (C=O) groups excluding carboxylic acids is 2. The predicted octanol–water partition coefficient (Wildman–Crippen LogP) is 3.97. The van der Waals surface area contributed by atoms with Crippen molar-refractivity contribution in [2.24, 2.45) is 0 Å². The summed E-state index contributed by atoms with van der Waals surface area (Å²) in [4.78, 5) is 27.0. The molecule has 9 heteroatoms. The van der Waals surface area contributed by atoms with Crippen LogP contribution in [0.1, 0.15) is 5.56 Å². The fraction of sp³-hybridized carbons (Fsp3) is 0.238. The molecule has 1 aliphatic rings. The van der Waals surface area contributed by atoms with E-state index < -0.39 is 11.1 Å². The van der Waals surface area contributed by atoms with Crippen LogP contribution in [0.2, 0.25) is 0 Å². The van der Waals surface area contributed by atoms with Gasteiger partial charge in [-0.15, -0.1) is 0 Å². The number of hydrogen-bond acceptors (Lipinski definition) is 8. The number of anilines is 1. The second kappa shape index (κ2) is 9.00. The van der Waals surface area contributed by atoms with Crippen LogP contribution < -0.4 is 28.6 Å². The molecule has 3 rings (SSSR count). The van der Waals surface area contributed by atoms with E-state index in [1.807, 2.05) is 0 Å². The maximum Gasteiger partial charge on any atom is 0.298 e. The third-order valence-electron chi connectivity index (χ3n) is 4.41. The van der Waals surface area contributed by atoms with Gasteiger partial charge in [-0.2, -0.15) is 0 Å². The van der Waals surface area contributed by atoms with Crippen LogP contribution in [0.25, 0.3) is 6.08 Å². The Hall–Kier alpha value is -3.33. The molecule has 0 saturated carbocycles. The monoisotopic (exact) mass is 431 g/mol. The maximum atomic E-state index is 13.0. The minimum Gasteiger partial charge on any atom is -0.497 e. The number of benzene rings is 2. The summed E-state index contributed by atoms with van der Waals surface area (Å²) >= 11 is 0.836. The highest BCUT2D eigenvalue weighted by Crippen LogP contribution is 2.43. The van der Waals surface area contributed by atoms with E-state index in [0.29, 0.717) is 40.0 Å². The van der Waals surface area contributed by atoms with Crippen molar-refractivity contribution in [3.05, 3.63) is 40.8 Å². The molecular weight excluding hydrogens is 410 g/mol. The Labute approximate surface area is 178 Å². The Morgan fingerprint density at radius 2 is 1.43 bits per heavy atom. The summed E-state index contributed by atoms with van der Waals surface area (Å²) in [6.07, 6.45) is 1.60. The van der Waals surface area contributed by atoms with Gasteiger partial charge in [-0.3, -0.25) is 9.59 Å². The van der Waals surface area contributed by atoms with Crippen molar-refractivity contribution in [2.45, 2.75) is 0 Å². The van der Waals surface area contributed by atoms with Gasteiger partial charge in [0, 0.05) is 6.07 Å². The van der Waals surface area contributed by atoms with Gasteiger partial charge in [-0.25, -0.2) is 4.90 Å². The number of amides is 2. The van der Waals surface area contributed by atoms with Crippen molar-refractivity contribution in [3.63, 3.8) is 0 Å². The molecule has 1 heterocycles. The number of nitrogens with zero attached hydrogens (tertiary/aromatic N) is 1. The lowest BCUT2D eigenvalue weighted by molar-refractivity contribution is -0.113. The van der Waals surface area contributed by atoms with Crippen molar-refractivity contribution >= 4 is 34.7 Å². The zero-order chi connectivity index (χ0) is 21.8. The highest BCUT2D eigenvalue weighted by molar-refractivity contribution is 8.19. The first-order chi connectivity index (χ1) is 14.5. The van der Waals surface area contributed by atoms with E-state index in [-0.39, 0.29) is 4.91 Å². The lowest BCUT2D eigenvalue weighted by Crippen LogP contribution is -2.28. The second-order valence-electron chi connectivity index (χ2n) is 6.01. The average Bonchev–Trinajstić information content (AvgIpc) is 3.04. The summed E-state index contributed by atoms with van der Waals surface area (Å²) in [5.74, 6) is 1.77. The van der Waals surface area contributed by atoms with E-state index in [1.54, 1.807) is 36.4 Å². The Bertz CT molecular complexity index is 993. The van der Waals surface area contributed by atoms with Gasteiger partial charge in [0.2, 0.25) is 5.75 Å². The number of methoxy groups -OCH3 is 5. The van der Waals surface area contributed by atoms with Crippen molar-refractivity contribution in [2.75, 3.05) is 40.4 Å². The molecule has 1 saturated heterocycles. The van der Waals surface area contributed by atoms with Crippen LogP contribution in [0.3, 0.4) is 0 Å². The highest BCUT2D eigenvalue weighted by Gasteiger charge is 2.38. The standard InChI is InChI=1S/C21H21NO7S/c1-25-13-6-7-14(15(11-13)26-2)22-20(23)18(30-21(22)24)10-12-8-16(27-3)19(29-5)17(9-12)28-4/h6-11H,1-5H3/b18-10-. The maximum absolute atomic E-state index is 13.0. The van der Waals surface area contributed by atoms with Crippen molar-refractivity contribution in [1.82, 2.24) is 0 Å². The Balaban J connectivity index is 2.00. The molecule has 0 spiro atoms. The Morgan fingerprint density at radius 3 is 1.97 bits per heavy atom. The smallest absolute Gasteiger partial charge is 0.298 e. The molecule has 158 valence electrons. The molecular formula is C21H21NO7S. The molecule has 30 heavy (non-hydrogen) atoms. The average molecular weight is 431 g/mol. The molecule has 8 nitrogen and oxygen atoms in total. The molecule has 0 aliphatic carbocycles. The van der Waals surface area contributed by atoms with Crippen molar-refractivity contribution < 1.29 is 33.3 Å². The molecule has 0 atom stereocenters. The van der Waals surface area contributed by atoms with E-state index in [1.165, 1.54) is 35.5 Å². The number of carbonyl (C=O) groups is 2. The lowest BCUT2D eigenvalue weighted by Gasteiger charge is -2.17. The van der Waals surface area contributed by atoms with Crippen LogP contribution in [-0.2, 0) is 4.79 Å². The fourth-order valence-corrected chi connectivity index (χ4v) is 3.82. The SMILES string of the molecule is COc1ccc(N2C(=O)S/C(=C\c3cc(OC)c(OC)c(OC)c3)C2=O)c(OC)c1. The van der Waals surface area contributed by atoms with Gasteiger partial charge in [0.15, 0.2) is 11.5 Å². The van der Waals surface area contributed by atoms with Crippen LogP contribution >= 0.6 is 11.8 Å². The third kappa shape index (κ3) is 3.88. The Kier molecular flexibility index (Phi) is 6.41. The van der Waals surface area contributed by atoms with E-state index in [9.17, 15) is 9.59 Å². The van der Waals surface area contributed by atoms with Crippen LogP contribution in [0.4, 0.5) is 10.5 Å². The van der Waals surface area contributed by atoms with Gasteiger partial charge < -0.3 is 23.7 Å². The first kappa shape index (κ1) is 21.4. The van der Waals surface area contributed by atoms with Gasteiger partial charge in [0.05, 0.1) is 46.1 Å². The first-order valence-corrected chi connectivity index (χ1v) is 9.59. The number of imide groups is 1. The zero-order valence-corrected chi connectivity index (χ0v) is 18.0. The number of thioether (sulfide) groups is 1. The van der Waals surface area contributed by atoms with E-state index in [4.69, 9.17) is 23.7 Å². The Morgan fingerprint density at radius 1 is 0.800 bits per heavy atom. The minimum atomic E-state index is -0.456. The summed E-state index contributed by atoms with van der Waals surface area (Å²) in [6.45, 7) is 0. The van der Waals surface area contributed by atoms with E-state index >= 15 is 0 Å². The first-order valence-electron chi connectivity index (χ1n) is 8.77. The quantitative estimate of drug-likeness (QED) is 0.609. The molecule has 0 N–H and O–H groups in total. The summed E-state index contributed by atoms with van der Waals surface area (Å²) < 4.78 is 26.5. The number of hydrogen-bond donors (Lipinski definition) is 0. The van der Waals surface area contributed by atoms with Crippen LogP contribution in [0.5, 0.6) is 28.7 Å². The molecule has 0 bridgehead atoms. The molecule has 1 fully saturated rings. The largest absolute Gasteiger partial charge is 0.497 e. The minimum absolute atomic E-state index is 0.257. The summed E-state index contributed by atoms with van der Waals surface area (Å²) in [6, 6.07) is 8.27. The highest BCUT2D eigenvalue weighted by atomic mass is 32.2. The zero-order valence-electron chi connectivity index (χ0n) is 17.2. The van der Waals surface area contributed by atoms with Crippen LogP contribution in [0, 0.1) is 0 Å². The van der Waals surface area contributed by atoms with Crippen molar-refractivity contribution in [3.8, 4) is 28.7 Å².